The van der Waals surface area contributed by atoms with Crippen LogP contribution in [0.5, 0.6) is 0 Å². The molecule has 0 atom stereocenters. The SMILES string of the molecule is CN(CCSSCCN(C)c1ccc(/C=C/c2cccc[n+]2CCN=O)cc1)c1ccc(/C=C/C=C/C=C\C=NCCO)cc1. The average molecular weight is 643 g/mol. The summed E-state index contributed by atoms with van der Waals surface area (Å²) in [6, 6.07) is 23.2. The molecule has 1 heterocycles. The summed E-state index contributed by atoms with van der Waals surface area (Å²) >= 11 is 0. The van der Waals surface area contributed by atoms with Crippen LogP contribution < -0.4 is 14.4 Å². The monoisotopic (exact) mass is 642 g/mol. The predicted octanol–water partition coefficient (Wildman–Crippen LogP) is 7.05. The molecule has 45 heavy (non-hydrogen) atoms. The Morgan fingerprint density at radius 1 is 0.733 bits per heavy atom. The minimum Gasteiger partial charge on any atom is -0.394 e. The van der Waals surface area contributed by atoms with E-state index in [2.05, 4.69) is 101 Å². The topological polar surface area (TPSA) is 72.4 Å². The van der Waals surface area contributed by atoms with Crippen LogP contribution in [-0.4, -0.2) is 69.7 Å². The second kappa shape index (κ2) is 21.7. The van der Waals surface area contributed by atoms with Crippen LogP contribution in [-0.2, 0) is 6.54 Å². The van der Waals surface area contributed by atoms with Gasteiger partial charge in [0, 0.05) is 74.5 Å². The molecule has 0 aliphatic carbocycles. The highest BCUT2D eigenvalue weighted by Gasteiger charge is 2.06. The maximum Gasteiger partial charge on any atom is 0.205 e. The van der Waals surface area contributed by atoms with Gasteiger partial charge in [0.25, 0.3) is 0 Å². The van der Waals surface area contributed by atoms with Crippen molar-refractivity contribution >= 4 is 57.4 Å². The molecule has 0 spiro atoms. The van der Waals surface area contributed by atoms with Crippen molar-refractivity contribution in [3.63, 3.8) is 0 Å². The van der Waals surface area contributed by atoms with Gasteiger partial charge in [0.1, 0.15) is 6.54 Å². The van der Waals surface area contributed by atoms with Gasteiger partial charge in [0.05, 0.1) is 13.2 Å². The summed E-state index contributed by atoms with van der Waals surface area (Å²) in [4.78, 5) is 19.1. The highest BCUT2D eigenvalue weighted by Crippen LogP contribution is 2.23. The lowest BCUT2D eigenvalue weighted by molar-refractivity contribution is -0.696. The van der Waals surface area contributed by atoms with Crippen molar-refractivity contribution in [1.29, 1.82) is 0 Å². The fourth-order valence-corrected chi connectivity index (χ4v) is 6.27. The Hall–Kier alpha value is -3.92. The molecule has 1 aromatic heterocycles. The zero-order valence-corrected chi connectivity index (χ0v) is 27.8. The summed E-state index contributed by atoms with van der Waals surface area (Å²) in [7, 11) is 8.13. The first kappa shape index (κ1) is 35.6. The molecule has 3 rings (SSSR count). The van der Waals surface area contributed by atoms with Gasteiger partial charge in [0.15, 0.2) is 12.7 Å². The molecule has 0 fully saturated rings. The maximum atomic E-state index is 10.5. The molecule has 7 nitrogen and oxygen atoms in total. The molecule has 0 bridgehead atoms. The minimum absolute atomic E-state index is 0.0766. The molecule has 0 saturated heterocycles. The third kappa shape index (κ3) is 14.2. The summed E-state index contributed by atoms with van der Waals surface area (Å²) in [6.45, 7) is 3.33. The first-order valence-electron chi connectivity index (χ1n) is 15.0. The molecule has 236 valence electrons. The van der Waals surface area contributed by atoms with Crippen molar-refractivity contribution in [2.45, 2.75) is 6.54 Å². The van der Waals surface area contributed by atoms with Crippen molar-refractivity contribution in [3.8, 4) is 0 Å². The van der Waals surface area contributed by atoms with Gasteiger partial charge in [0.2, 0.25) is 5.69 Å². The molecule has 3 aromatic rings. The van der Waals surface area contributed by atoms with E-state index in [9.17, 15) is 4.91 Å². The normalized spacial score (nSPS) is 12.0. The van der Waals surface area contributed by atoms with Crippen LogP contribution in [0.1, 0.15) is 16.8 Å². The molecule has 2 aromatic carbocycles. The third-order valence-corrected chi connectivity index (χ3v) is 9.14. The Kier molecular flexibility index (Phi) is 17.2. The summed E-state index contributed by atoms with van der Waals surface area (Å²) in [6.07, 6.45) is 19.6. The number of allylic oxidation sites excluding steroid dienone is 5. The molecule has 9 heteroatoms. The van der Waals surface area contributed by atoms with Gasteiger partial charge in [-0.1, -0.05) is 81.4 Å². The molecule has 0 unspecified atom stereocenters. The van der Waals surface area contributed by atoms with Crippen LogP contribution in [0.2, 0.25) is 0 Å². The number of pyridine rings is 1. The van der Waals surface area contributed by atoms with E-state index in [1.807, 2.05) is 80.9 Å². The number of anilines is 2. The molecule has 0 saturated carbocycles. The van der Waals surface area contributed by atoms with Gasteiger partial charge >= 0.3 is 0 Å². The van der Waals surface area contributed by atoms with Crippen LogP contribution in [0.25, 0.3) is 18.2 Å². The van der Waals surface area contributed by atoms with E-state index in [4.69, 9.17) is 5.11 Å². The standard InChI is InChI=1S/C36H44N5O2S2/c1-39(34-17-12-32(13-18-34)10-6-4-3-5-8-22-37-24-29-42)27-30-44-45-31-28-40(2)35-19-14-33(15-20-35)16-21-36-11-7-9-25-41(36)26-23-38-43/h3-22,25,42H,23-24,26-31H2,1-2H3/q+1/b4-3+,8-5-,10-6+,37-22?. The summed E-state index contributed by atoms with van der Waals surface area (Å²) in [5.41, 5.74) is 5.76. The minimum atomic E-state index is 0.0766. The number of aliphatic imine (C=N–C) groups is 1. The van der Waals surface area contributed by atoms with E-state index in [0.717, 1.165) is 41.4 Å². The Labute approximate surface area is 276 Å². The van der Waals surface area contributed by atoms with Crippen LogP contribution in [0.3, 0.4) is 0 Å². The van der Waals surface area contributed by atoms with Gasteiger partial charge in [-0.3, -0.25) is 4.99 Å². The largest absolute Gasteiger partial charge is 0.394 e. The lowest BCUT2D eigenvalue weighted by Gasteiger charge is -2.20. The van der Waals surface area contributed by atoms with Crippen molar-refractivity contribution in [3.05, 3.63) is 125 Å². The molecule has 0 amide bonds. The summed E-state index contributed by atoms with van der Waals surface area (Å²) in [5.74, 6) is 2.11. The second-order valence-electron chi connectivity index (χ2n) is 10.1. The van der Waals surface area contributed by atoms with E-state index < -0.39 is 0 Å². The van der Waals surface area contributed by atoms with Crippen LogP contribution >= 0.6 is 21.6 Å². The van der Waals surface area contributed by atoms with Crippen LogP contribution in [0, 0.1) is 4.91 Å². The van der Waals surface area contributed by atoms with Crippen LogP contribution in [0.15, 0.2) is 113 Å². The summed E-state index contributed by atoms with van der Waals surface area (Å²) < 4.78 is 2.03. The Bertz CT molecular complexity index is 1420. The van der Waals surface area contributed by atoms with Crippen molar-refractivity contribution < 1.29 is 9.67 Å². The average Bonchev–Trinajstić information content (AvgIpc) is 3.07. The van der Waals surface area contributed by atoms with E-state index in [-0.39, 0.29) is 13.2 Å². The molecular weight excluding hydrogens is 599 g/mol. The van der Waals surface area contributed by atoms with Gasteiger partial charge in [-0.15, -0.1) is 0 Å². The quantitative estimate of drug-likeness (QED) is 0.0356. The van der Waals surface area contributed by atoms with Crippen LogP contribution in [0.4, 0.5) is 11.4 Å². The van der Waals surface area contributed by atoms with Gasteiger partial charge in [-0.2, -0.15) is 9.47 Å². The molecule has 0 aliphatic heterocycles. The zero-order valence-electron chi connectivity index (χ0n) is 26.2. The van der Waals surface area contributed by atoms with E-state index in [0.29, 0.717) is 13.1 Å². The number of aromatic nitrogens is 1. The van der Waals surface area contributed by atoms with Crippen molar-refractivity contribution in [2.24, 2.45) is 10.2 Å². The lowest BCUT2D eigenvalue weighted by atomic mass is 10.1. The highest BCUT2D eigenvalue weighted by atomic mass is 33.1. The Morgan fingerprint density at radius 2 is 1.33 bits per heavy atom. The van der Waals surface area contributed by atoms with E-state index >= 15 is 0 Å². The number of nitrogens with zero attached hydrogens (tertiary/aromatic N) is 5. The first-order valence-corrected chi connectivity index (χ1v) is 17.5. The first-order chi connectivity index (χ1) is 22.1. The number of aliphatic hydroxyl groups is 1. The lowest BCUT2D eigenvalue weighted by Crippen LogP contribution is -2.37. The smallest absolute Gasteiger partial charge is 0.205 e. The fourth-order valence-electron chi connectivity index (χ4n) is 4.18. The van der Waals surface area contributed by atoms with Gasteiger partial charge in [-0.05, 0) is 53.6 Å². The Morgan fingerprint density at radius 3 is 1.96 bits per heavy atom. The number of aliphatic hydroxyl groups excluding tert-OH is 1. The third-order valence-electron chi connectivity index (χ3n) is 6.78. The molecule has 1 N–H and O–H groups in total. The number of rotatable bonds is 20. The van der Waals surface area contributed by atoms with E-state index in [1.165, 1.54) is 11.4 Å². The number of benzene rings is 2. The fraction of sp³-hybridized carbons (Fsp3) is 0.278. The number of nitroso groups, excluding NO2 is 1. The molecular formula is C36H44N5O2S2+. The predicted molar refractivity (Wildman–Crippen MR) is 198 cm³/mol. The van der Waals surface area contributed by atoms with Crippen molar-refractivity contribution in [2.75, 3.05) is 68.2 Å². The number of hydrogen-bond acceptors (Lipinski definition) is 8. The van der Waals surface area contributed by atoms with Gasteiger partial charge < -0.3 is 14.9 Å². The maximum absolute atomic E-state index is 10.5. The highest BCUT2D eigenvalue weighted by molar-refractivity contribution is 8.76. The van der Waals surface area contributed by atoms with Crippen molar-refractivity contribution in [1.82, 2.24) is 0 Å². The number of hydrogen-bond donors (Lipinski definition) is 1. The van der Waals surface area contributed by atoms with E-state index in [1.54, 1.807) is 6.21 Å². The second-order valence-corrected chi connectivity index (χ2v) is 12.8. The Balaban J connectivity index is 1.32. The van der Waals surface area contributed by atoms with Gasteiger partial charge in [-0.25, -0.2) is 0 Å². The molecule has 0 aliphatic rings. The zero-order chi connectivity index (χ0) is 32.0. The molecule has 0 radical (unpaired) electrons. The summed E-state index contributed by atoms with van der Waals surface area (Å²) in [5, 5.41) is 11.7.